The zero-order valence-corrected chi connectivity index (χ0v) is 17.0. The minimum Gasteiger partial charge on any atom is -0.465 e. The number of hydrogen-bond acceptors (Lipinski definition) is 6. The molecule has 1 N–H and O–H groups in total. The summed E-state index contributed by atoms with van der Waals surface area (Å²) < 4.78 is 16.7. The number of rotatable bonds is 6. The highest BCUT2D eigenvalue weighted by Crippen LogP contribution is 2.43. The fourth-order valence-electron chi connectivity index (χ4n) is 4.44. The fraction of sp³-hybridized carbons (Fsp3) is 0.905. The lowest BCUT2D eigenvalue weighted by Crippen LogP contribution is -2.36. The van der Waals surface area contributed by atoms with Crippen LogP contribution >= 0.6 is 0 Å². The Morgan fingerprint density at radius 3 is 2.11 bits per heavy atom. The highest BCUT2D eigenvalue weighted by Gasteiger charge is 2.49. The molecule has 2 aliphatic carbocycles. The summed E-state index contributed by atoms with van der Waals surface area (Å²) in [5, 5.41) is 9.70. The number of carbonyl (C=O) groups excluding carboxylic acids is 2. The molecule has 0 bridgehead atoms. The second kappa shape index (κ2) is 8.08. The van der Waals surface area contributed by atoms with Crippen molar-refractivity contribution in [3.05, 3.63) is 0 Å². The van der Waals surface area contributed by atoms with Gasteiger partial charge in [-0.25, -0.2) is 0 Å². The average molecular weight is 382 g/mol. The largest absolute Gasteiger partial charge is 0.465 e. The van der Waals surface area contributed by atoms with E-state index in [1.54, 1.807) is 0 Å². The summed E-state index contributed by atoms with van der Waals surface area (Å²) in [6, 6.07) is 0. The molecule has 1 heterocycles. The molecule has 0 aromatic heterocycles. The number of esters is 2. The molecule has 27 heavy (non-hydrogen) atoms. The molecular weight excluding hydrogens is 348 g/mol. The topological polar surface area (TPSA) is 85.4 Å². The molecule has 0 aromatic rings. The fourth-order valence-corrected chi connectivity index (χ4v) is 4.44. The molecule has 0 amide bonds. The molecule has 7 atom stereocenters. The van der Waals surface area contributed by atoms with Crippen molar-refractivity contribution in [2.45, 2.75) is 78.1 Å². The minimum absolute atomic E-state index is 0.0957. The molecule has 0 radical (unpaired) electrons. The van der Waals surface area contributed by atoms with Crippen molar-refractivity contribution in [3.63, 3.8) is 0 Å². The van der Waals surface area contributed by atoms with Crippen molar-refractivity contribution in [1.82, 2.24) is 0 Å². The number of aliphatic hydroxyl groups is 1. The molecule has 6 nitrogen and oxygen atoms in total. The van der Waals surface area contributed by atoms with Gasteiger partial charge in [-0.3, -0.25) is 9.59 Å². The lowest BCUT2D eigenvalue weighted by atomic mass is 9.79. The molecular formula is C21H34O6. The summed E-state index contributed by atoms with van der Waals surface area (Å²) in [5.41, 5.74) is -0.431. The molecule has 1 saturated heterocycles. The van der Waals surface area contributed by atoms with E-state index in [4.69, 9.17) is 14.2 Å². The van der Waals surface area contributed by atoms with E-state index in [1.807, 2.05) is 20.8 Å². The first-order chi connectivity index (χ1) is 12.7. The van der Waals surface area contributed by atoms with Crippen molar-refractivity contribution in [3.8, 4) is 0 Å². The standard InChI is InChI=1S/C21H34O6/c1-12-7-14(22)5-6-15(12)19(23)25-10-21(3,4)11-26-20(24)16-9-18-17(27-18)8-13(16)2/h12-18,22H,5-11H2,1-4H3. The Morgan fingerprint density at radius 2 is 1.48 bits per heavy atom. The number of epoxide rings is 1. The first-order valence-corrected chi connectivity index (χ1v) is 10.3. The molecule has 1 aliphatic heterocycles. The average Bonchev–Trinajstić information content (AvgIpc) is 3.35. The molecule has 2 saturated carbocycles. The highest BCUT2D eigenvalue weighted by molar-refractivity contribution is 5.73. The highest BCUT2D eigenvalue weighted by atomic mass is 16.6. The zero-order chi connectivity index (χ0) is 19.8. The van der Waals surface area contributed by atoms with Crippen LogP contribution in [0.5, 0.6) is 0 Å². The van der Waals surface area contributed by atoms with Gasteiger partial charge in [0, 0.05) is 5.41 Å². The van der Waals surface area contributed by atoms with Gasteiger partial charge < -0.3 is 19.3 Å². The first-order valence-electron chi connectivity index (χ1n) is 10.3. The first kappa shape index (κ1) is 20.6. The monoisotopic (exact) mass is 382 g/mol. The Balaban J connectivity index is 1.41. The Hall–Kier alpha value is -1.14. The second-order valence-electron chi connectivity index (χ2n) is 9.70. The van der Waals surface area contributed by atoms with Crippen LogP contribution in [0.25, 0.3) is 0 Å². The van der Waals surface area contributed by atoms with Crippen molar-refractivity contribution in [2.75, 3.05) is 13.2 Å². The number of hydrogen-bond donors (Lipinski definition) is 1. The molecule has 154 valence electrons. The van der Waals surface area contributed by atoms with Crippen LogP contribution in [0.3, 0.4) is 0 Å². The van der Waals surface area contributed by atoms with Gasteiger partial charge in [0.2, 0.25) is 0 Å². The van der Waals surface area contributed by atoms with Gasteiger partial charge in [-0.15, -0.1) is 0 Å². The third-order valence-corrected chi connectivity index (χ3v) is 6.42. The zero-order valence-electron chi connectivity index (χ0n) is 17.0. The SMILES string of the molecule is CC1CC(O)CCC1C(=O)OCC(C)(C)COC(=O)C1CC2OC2CC1C. The summed E-state index contributed by atoms with van der Waals surface area (Å²) in [6.45, 7) is 8.40. The lowest BCUT2D eigenvalue weighted by molar-refractivity contribution is -0.161. The maximum atomic E-state index is 12.5. The third kappa shape index (κ3) is 5.23. The summed E-state index contributed by atoms with van der Waals surface area (Å²) in [7, 11) is 0. The van der Waals surface area contributed by atoms with Crippen molar-refractivity contribution in [1.29, 1.82) is 0 Å². The number of fused-ring (bicyclic) bond motifs is 1. The third-order valence-electron chi connectivity index (χ3n) is 6.42. The molecule has 3 aliphatic rings. The van der Waals surface area contributed by atoms with Gasteiger partial charge in [0.05, 0.1) is 43.4 Å². The molecule has 7 unspecified atom stereocenters. The van der Waals surface area contributed by atoms with Gasteiger partial charge in [-0.05, 0) is 43.9 Å². The van der Waals surface area contributed by atoms with Gasteiger partial charge in [0.1, 0.15) is 0 Å². The van der Waals surface area contributed by atoms with Crippen LogP contribution < -0.4 is 0 Å². The summed E-state index contributed by atoms with van der Waals surface area (Å²) >= 11 is 0. The van der Waals surface area contributed by atoms with Crippen LogP contribution in [0.4, 0.5) is 0 Å². The van der Waals surface area contributed by atoms with E-state index in [2.05, 4.69) is 6.92 Å². The number of ether oxygens (including phenoxy) is 3. The van der Waals surface area contributed by atoms with E-state index in [0.717, 1.165) is 12.8 Å². The maximum absolute atomic E-state index is 12.5. The van der Waals surface area contributed by atoms with Gasteiger partial charge in [-0.1, -0.05) is 27.7 Å². The van der Waals surface area contributed by atoms with Crippen LogP contribution in [0.2, 0.25) is 0 Å². The van der Waals surface area contributed by atoms with Crippen LogP contribution in [0.1, 0.15) is 59.8 Å². The lowest BCUT2D eigenvalue weighted by Gasteiger charge is -2.32. The Kier molecular flexibility index (Phi) is 6.16. The molecule has 3 fully saturated rings. The molecule has 0 spiro atoms. The van der Waals surface area contributed by atoms with Crippen LogP contribution in [0, 0.1) is 29.1 Å². The van der Waals surface area contributed by atoms with Gasteiger partial charge >= 0.3 is 11.9 Å². The van der Waals surface area contributed by atoms with Crippen LogP contribution in [-0.4, -0.2) is 48.6 Å². The van der Waals surface area contributed by atoms with E-state index < -0.39 is 5.41 Å². The van der Waals surface area contributed by atoms with Crippen molar-refractivity contribution < 1.29 is 28.9 Å². The molecule has 3 rings (SSSR count). The van der Waals surface area contributed by atoms with E-state index in [0.29, 0.717) is 25.4 Å². The van der Waals surface area contributed by atoms with Gasteiger partial charge in [0.25, 0.3) is 0 Å². The molecule has 0 aromatic carbocycles. The minimum atomic E-state index is -0.431. The summed E-state index contributed by atoms with van der Waals surface area (Å²) in [4.78, 5) is 24.9. The number of aliphatic hydroxyl groups excluding tert-OH is 1. The Labute approximate surface area is 161 Å². The van der Waals surface area contributed by atoms with Crippen LogP contribution in [0.15, 0.2) is 0 Å². The van der Waals surface area contributed by atoms with E-state index in [-0.39, 0.29) is 61.0 Å². The van der Waals surface area contributed by atoms with Gasteiger partial charge in [0.15, 0.2) is 0 Å². The Bertz CT molecular complexity index is 559. The summed E-state index contributed by atoms with van der Waals surface area (Å²) in [5.74, 6) is -0.200. The van der Waals surface area contributed by atoms with E-state index >= 15 is 0 Å². The second-order valence-corrected chi connectivity index (χ2v) is 9.70. The predicted molar refractivity (Wildman–Crippen MR) is 98.8 cm³/mol. The summed E-state index contributed by atoms with van der Waals surface area (Å²) in [6.07, 6.45) is 3.93. The smallest absolute Gasteiger partial charge is 0.309 e. The van der Waals surface area contributed by atoms with E-state index in [1.165, 1.54) is 0 Å². The van der Waals surface area contributed by atoms with Crippen LogP contribution in [-0.2, 0) is 23.8 Å². The van der Waals surface area contributed by atoms with Crippen molar-refractivity contribution >= 4 is 11.9 Å². The number of carbonyl (C=O) groups is 2. The van der Waals surface area contributed by atoms with E-state index in [9.17, 15) is 14.7 Å². The predicted octanol–water partition coefficient (Wildman–Crippen LogP) is 2.71. The normalized spacial score (nSPS) is 38.6. The maximum Gasteiger partial charge on any atom is 0.309 e. The quantitative estimate of drug-likeness (QED) is 0.562. The molecule has 6 heteroatoms. The van der Waals surface area contributed by atoms with Crippen molar-refractivity contribution in [2.24, 2.45) is 29.1 Å². The Morgan fingerprint density at radius 1 is 0.926 bits per heavy atom. The van der Waals surface area contributed by atoms with Gasteiger partial charge in [-0.2, -0.15) is 0 Å².